The lowest BCUT2D eigenvalue weighted by Crippen LogP contribution is -2.29. The third kappa shape index (κ3) is 4.80. The van der Waals surface area contributed by atoms with Gasteiger partial charge in [0.2, 0.25) is 0 Å². The highest BCUT2D eigenvalue weighted by molar-refractivity contribution is 8.06. The molecule has 0 spiro atoms. The van der Waals surface area contributed by atoms with E-state index in [2.05, 4.69) is 146 Å². The summed E-state index contributed by atoms with van der Waals surface area (Å²) in [6.45, 7) is 0.779. The first-order chi connectivity index (χ1) is 25.2. The van der Waals surface area contributed by atoms with Gasteiger partial charge in [-0.25, -0.2) is 0 Å². The van der Waals surface area contributed by atoms with Crippen LogP contribution in [0, 0.1) is 0 Å². The Kier molecular flexibility index (Phi) is 6.75. The summed E-state index contributed by atoms with van der Waals surface area (Å²) in [6.07, 6.45) is 1.12. The van der Waals surface area contributed by atoms with Crippen LogP contribution in [-0.2, 0) is 5.41 Å². The summed E-state index contributed by atoms with van der Waals surface area (Å²) >= 11 is 3.86. The first-order valence-electron chi connectivity index (χ1n) is 17.9. The second-order valence-electron chi connectivity index (χ2n) is 14.1. The topological polar surface area (TPSA) is 18.5 Å². The van der Waals surface area contributed by atoms with Gasteiger partial charge in [-0.1, -0.05) is 97.1 Å². The number of rotatable bonds is 7. The number of hydrogen-bond donors (Lipinski definition) is 0. The van der Waals surface area contributed by atoms with Crippen LogP contribution in [0.2, 0.25) is 0 Å². The maximum absolute atomic E-state index is 6.29. The predicted molar refractivity (Wildman–Crippen MR) is 217 cm³/mol. The minimum absolute atomic E-state index is 0.271. The van der Waals surface area contributed by atoms with Crippen molar-refractivity contribution in [2.24, 2.45) is 0 Å². The zero-order valence-corrected chi connectivity index (χ0v) is 29.6. The van der Waals surface area contributed by atoms with Gasteiger partial charge < -0.3 is 9.47 Å². The lowest BCUT2D eigenvalue weighted by molar-refractivity contribution is 0.272. The molecule has 246 valence electrons. The minimum atomic E-state index is -0.561. The smallest absolute Gasteiger partial charge is 0.145 e. The molecule has 0 N–H and O–H groups in total. The van der Waals surface area contributed by atoms with Gasteiger partial charge in [0.1, 0.15) is 23.5 Å². The fourth-order valence-electron chi connectivity index (χ4n) is 8.46. The van der Waals surface area contributed by atoms with Crippen LogP contribution in [0.15, 0.2) is 146 Å². The molecule has 11 rings (SSSR count). The van der Waals surface area contributed by atoms with E-state index < -0.39 is 5.41 Å². The third-order valence-corrected chi connectivity index (χ3v) is 13.3. The Bertz CT molecular complexity index is 2690. The van der Waals surface area contributed by atoms with Crippen LogP contribution in [-0.4, -0.2) is 28.8 Å². The molecule has 8 aromatic carbocycles. The Morgan fingerprint density at radius 1 is 0.549 bits per heavy atom. The van der Waals surface area contributed by atoms with Crippen LogP contribution < -0.4 is 9.47 Å². The van der Waals surface area contributed by atoms with Gasteiger partial charge in [0, 0.05) is 23.2 Å². The van der Waals surface area contributed by atoms with E-state index in [1.807, 2.05) is 23.5 Å². The van der Waals surface area contributed by atoms with Gasteiger partial charge in [0.25, 0.3) is 0 Å². The van der Waals surface area contributed by atoms with Crippen molar-refractivity contribution in [2.75, 3.05) is 18.1 Å². The molecule has 2 heterocycles. The second-order valence-corrected chi connectivity index (χ2v) is 16.7. The van der Waals surface area contributed by atoms with E-state index in [9.17, 15) is 0 Å². The molecule has 0 amide bonds. The molecule has 3 atom stereocenters. The van der Waals surface area contributed by atoms with Crippen LogP contribution in [0.1, 0.15) is 28.7 Å². The standard InChI is InChI=1S/C47H34O2S2/c1-2-7-31-26-44-43(25-30(31)6-1)42-18-13-29-5-3-4-8-41(29)46(42)47(44,36-14-9-34-23-38(16-11-32(34)21-36)48-27-40-28-51-40)37-15-10-35-24-39(17-12-33(35)22-37)49-45-19-20-50-45/h1-18,21-26,40,45H,19-20,27-28H2. The van der Waals surface area contributed by atoms with Crippen molar-refractivity contribution in [3.05, 3.63) is 168 Å². The monoisotopic (exact) mass is 694 g/mol. The summed E-state index contributed by atoms with van der Waals surface area (Å²) in [7, 11) is 0. The summed E-state index contributed by atoms with van der Waals surface area (Å²) in [6, 6.07) is 54.7. The molecule has 0 saturated carbocycles. The number of fused-ring (bicyclic) bond motifs is 8. The molecule has 0 radical (unpaired) electrons. The van der Waals surface area contributed by atoms with Crippen LogP contribution in [0.5, 0.6) is 11.5 Å². The number of ether oxygens (including phenoxy) is 2. The van der Waals surface area contributed by atoms with Crippen LogP contribution >= 0.6 is 23.5 Å². The maximum Gasteiger partial charge on any atom is 0.145 e. The van der Waals surface area contributed by atoms with Gasteiger partial charge in [-0.2, -0.15) is 11.8 Å². The van der Waals surface area contributed by atoms with Crippen molar-refractivity contribution in [3.63, 3.8) is 0 Å². The zero-order chi connectivity index (χ0) is 33.5. The summed E-state index contributed by atoms with van der Waals surface area (Å²) in [5.41, 5.74) is 7.54. The Balaban J connectivity index is 1.19. The van der Waals surface area contributed by atoms with Gasteiger partial charge in [-0.15, -0.1) is 11.8 Å². The molecule has 2 fully saturated rings. The van der Waals surface area contributed by atoms with Crippen molar-refractivity contribution < 1.29 is 9.47 Å². The first kappa shape index (κ1) is 29.8. The molecule has 2 aliphatic heterocycles. The molecule has 2 nitrogen and oxygen atoms in total. The van der Waals surface area contributed by atoms with Crippen molar-refractivity contribution >= 4 is 66.6 Å². The van der Waals surface area contributed by atoms with Gasteiger partial charge in [0.05, 0.1) is 5.41 Å². The first-order valence-corrected chi connectivity index (χ1v) is 20.0. The quantitative estimate of drug-likeness (QED) is 0.155. The van der Waals surface area contributed by atoms with Crippen molar-refractivity contribution in [1.82, 2.24) is 0 Å². The fraction of sp³-hybridized carbons (Fsp3) is 0.149. The lowest BCUT2D eigenvalue weighted by atomic mass is 9.66. The Hall–Kier alpha value is -4.90. The van der Waals surface area contributed by atoms with Crippen LogP contribution in [0.25, 0.3) is 54.2 Å². The Morgan fingerprint density at radius 2 is 1.14 bits per heavy atom. The molecular weight excluding hydrogens is 661 g/mol. The van der Waals surface area contributed by atoms with E-state index in [-0.39, 0.29) is 5.44 Å². The highest BCUT2D eigenvalue weighted by Crippen LogP contribution is 2.59. The molecule has 2 saturated heterocycles. The predicted octanol–water partition coefficient (Wildman–Crippen LogP) is 12.0. The average molecular weight is 695 g/mol. The van der Waals surface area contributed by atoms with E-state index in [1.165, 1.54) is 88.0 Å². The van der Waals surface area contributed by atoms with Gasteiger partial charge in [-0.05, 0) is 125 Å². The number of benzene rings is 8. The van der Waals surface area contributed by atoms with E-state index in [0.29, 0.717) is 5.25 Å². The van der Waals surface area contributed by atoms with Crippen LogP contribution in [0.3, 0.4) is 0 Å². The molecule has 1 aliphatic carbocycles. The maximum atomic E-state index is 6.29. The SMILES string of the molecule is c1ccc2cc3c(cc2c1)-c1ccc2ccccc2c1C3(c1ccc2cc(OCC3CS3)ccc2c1)c1ccc2cc(OC3CCS3)ccc2c1. The summed E-state index contributed by atoms with van der Waals surface area (Å²) in [4.78, 5) is 0. The van der Waals surface area contributed by atoms with Crippen molar-refractivity contribution in [2.45, 2.75) is 22.5 Å². The van der Waals surface area contributed by atoms with E-state index in [1.54, 1.807) is 0 Å². The Labute approximate surface area is 305 Å². The largest absolute Gasteiger partial charge is 0.492 e. The molecule has 8 aromatic rings. The number of thioether (sulfide) groups is 2. The van der Waals surface area contributed by atoms with Crippen molar-refractivity contribution in [1.29, 1.82) is 0 Å². The summed E-state index contributed by atoms with van der Waals surface area (Å²) in [5.74, 6) is 4.28. The van der Waals surface area contributed by atoms with Gasteiger partial charge in [0.15, 0.2) is 0 Å². The van der Waals surface area contributed by atoms with E-state index in [0.717, 1.165) is 24.5 Å². The third-order valence-electron chi connectivity index (χ3n) is 11.1. The fourth-order valence-corrected chi connectivity index (χ4v) is 9.47. The lowest BCUT2D eigenvalue weighted by Gasteiger charge is -2.35. The van der Waals surface area contributed by atoms with Gasteiger partial charge >= 0.3 is 0 Å². The molecule has 3 unspecified atom stereocenters. The molecule has 3 aliphatic rings. The summed E-state index contributed by atoms with van der Waals surface area (Å²) in [5, 5.41) is 10.5. The molecule has 0 aromatic heterocycles. The van der Waals surface area contributed by atoms with E-state index >= 15 is 0 Å². The summed E-state index contributed by atoms with van der Waals surface area (Å²) < 4.78 is 12.5. The van der Waals surface area contributed by atoms with E-state index in [4.69, 9.17) is 9.47 Å². The molecule has 4 heteroatoms. The Morgan fingerprint density at radius 3 is 1.84 bits per heavy atom. The molecule has 51 heavy (non-hydrogen) atoms. The normalized spacial score (nSPS) is 20.3. The number of hydrogen-bond acceptors (Lipinski definition) is 4. The highest BCUT2D eigenvalue weighted by Gasteiger charge is 2.47. The van der Waals surface area contributed by atoms with Crippen LogP contribution in [0.4, 0.5) is 0 Å². The van der Waals surface area contributed by atoms with Gasteiger partial charge in [-0.3, -0.25) is 0 Å². The molecular formula is C47H34O2S2. The zero-order valence-electron chi connectivity index (χ0n) is 28.0. The second kappa shape index (κ2) is 11.6. The van der Waals surface area contributed by atoms with Crippen molar-refractivity contribution in [3.8, 4) is 22.6 Å². The average Bonchev–Trinajstić information content (AvgIpc) is 3.95. The molecule has 0 bridgehead atoms. The minimum Gasteiger partial charge on any atom is -0.492 e. The highest BCUT2D eigenvalue weighted by atomic mass is 32.2.